The van der Waals surface area contributed by atoms with Gasteiger partial charge in [0.1, 0.15) is 0 Å². The van der Waals surface area contributed by atoms with Crippen molar-refractivity contribution < 1.29 is 14.1 Å². The molecule has 6 heteroatoms. The molecule has 146 valence electrons. The van der Waals surface area contributed by atoms with Gasteiger partial charge >= 0.3 is 0 Å². The molecule has 2 aromatic rings. The zero-order valence-corrected chi connectivity index (χ0v) is 16.5. The minimum atomic E-state index is -0.240. The third-order valence-corrected chi connectivity index (χ3v) is 5.32. The third-order valence-electron chi connectivity index (χ3n) is 5.32. The number of hydrogen-bond donors (Lipinski definition) is 0. The molecule has 0 radical (unpaired) electrons. The van der Waals surface area contributed by atoms with Crippen molar-refractivity contribution in [2.24, 2.45) is 0 Å². The topological polar surface area (TPSA) is 58.8 Å². The molecule has 1 aliphatic heterocycles. The summed E-state index contributed by atoms with van der Waals surface area (Å²) in [5.74, 6) is 0.618. The summed E-state index contributed by atoms with van der Waals surface area (Å²) in [6.45, 7) is 7.39. The summed E-state index contributed by atoms with van der Waals surface area (Å²) in [5, 5.41) is 4.02. The number of morpholine rings is 1. The molecule has 0 bridgehead atoms. The van der Waals surface area contributed by atoms with Crippen LogP contribution >= 0.6 is 0 Å². The monoisotopic (exact) mass is 371 g/mol. The lowest BCUT2D eigenvalue weighted by Crippen LogP contribution is -2.53. The maximum absolute atomic E-state index is 12.8. The number of carbonyl (C=O) groups excluding carboxylic acids is 1. The van der Waals surface area contributed by atoms with Crippen LogP contribution in [-0.4, -0.2) is 53.2 Å². The summed E-state index contributed by atoms with van der Waals surface area (Å²) in [6.07, 6.45) is 1.78. The Morgan fingerprint density at radius 3 is 2.67 bits per heavy atom. The molecule has 0 atom stereocenters. The maximum Gasteiger partial charge on any atom is 0.276 e. The number of carbonyl (C=O) groups is 1. The van der Waals surface area contributed by atoms with E-state index in [0.717, 1.165) is 19.4 Å². The van der Waals surface area contributed by atoms with Crippen LogP contribution in [0.2, 0.25) is 0 Å². The van der Waals surface area contributed by atoms with Crippen molar-refractivity contribution in [2.45, 2.75) is 45.4 Å². The maximum atomic E-state index is 12.8. The standard InChI is InChI=1S/C21H29N3O3/c1-4-21(5-2)16-24(11-12-26-21)20(25)19-13-18(27-22-19)15-23(3)14-17-9-7-6-8-10-17/h6-10,13H,4-5,11-12,14-16H2,1-3H3. The summed E-state index contributed by atoms with van der Waals surface area (Å²) >= 11 is 0. The van der Waals surface area contributed by atoms with Crippen LogP contribution in [0.3, 0.4) is 0 Å². The van der Waals surface area contributed by atoms with E-state index in [2.05, 4.69) is 36.0 Å². The first-order chi connectivity index (χ1) is 13.0. The van der Waals surface area contributed by atoms with Crippen molar-refractivity contribution in [3.05, 3.63) is 53.4 Å². The number of rotatable bonds is 7. The largest absolute Gasteiger partial charge is 0.371 e. The summed E-state index contributed by atoms with van der Waals surface area (Å²) in [4.78, 5) is 16.8. The van der Waals surface area contributed by atoms with Crippen molar-refractivity contribution in [1.82, 2.24) is 15.0 Å². The second-order valence-electron chi connectivity index (χ2n) is 7.30. The average molecular weight is 371 g/mol. The lowest BCUT2D eigenvalue weighted by molar-refractivity contribution is -0.103. The predicted octanol–water partition coefficient (Wildman–Crippen LogP) is 3.34. The van der Waals surface area contributed by atoms with E-state index in [1.807, 2.05) is 30.1 Å². The number of ether oxygens (including phenoxy) is 1. The van der Waals surface area contributed by atoms with Crippen LogP contribution in [0.25, 0.3) is 0 Å². The fourth-order valence-electron chi connectivity index (χ4n) is 3.56. The van der Waals surface area contributed by atoms with E-state index < -0.39 is 0 Å². The minimum Gasteiger partial charge on any atom is -0.371 e. The zero-order chi connectivity index (χ0) is 19.3. The summed E-state index contributed by atoms with van der Waals surface area (Å²) in [5.41, 5.74) is 1.37. The quantitative estimate of drug-likeness (QED) is 0.747. The van der Waals surface area contributed by atoms with E-state index in [-0.39, 0.29) is 11.5 Å². The van der Waals surface area contributed by atoms with Gasteiger partial charge in [0.15, 0.2) is 11.5 Å². The first kappa shape index (κ1) is 19.6. The van der Waals surface area contributed by atoms with Crippen LogP contribution in [0, 0.1) is 0 Å². The molecule has 1 aromatic heterocycles. The minimum absolute atomic E-state index is 0.0784. The summed E-state index contributed by atoms with van der Waals surface area (Å²) in [6, 6.07) is 12.0. The van der Waals surface area contributed by atoms with Gasteiger partial charge in [-0.25, -0.2) is 0 Å². The molecule has 1 fully saturated rings. The second kappa shape index (κ2) is 8.67. The Labute approximate surface area is 161 Å². The second-order valence-corrected chi connectivity index (χ2v) is 7.30. The number of benzene rings is 1. The molecule has 0 N–H and O–H groups in total. The van der Waals surface area contributed by atoms with Crippen LogP contribution in [0.15, 0.2) is 40.9 Å². The molecule has 0 spiro atoms. The van der Waals surface area contributed by atoms with Crippen molar-refractivity contribution in [3.8, 4) is 0 Å². The first-order valence-electron chi connectivity index (χ1n) is 9.66. The fraction of sp³-hybridized carbons (Fsp3) is 0.524. The average Bonchev–Trinajstić information content (AvgIpc) is 3.16. The predicted molar refractivity (Wildman–Crippen MR) is 103 cm³/mol. The number of nitrogens with zero attached hydrogens (tertiary/aromatic N) is 3. The Morgan fingerprint density at radius 1 is 1.22 bits per heavy atom. The van der Waals surface area contributed by atoms with E-state index in [9.17, 15) is 4.79 Å². The van der Waals surface area contributed by atoms with Crippen molar-refractivity contribution in [2.75, 3.05) is 26.7 Å². The van der Waals surface area contributed by atoms with Crippen LogP contribution in [0.5, 0.6) is 0 Å². The Balaban J connectivity index is 1.60. The van der Waals surface area contributed by atoms with Crippen molar-refractivity contribution in [3.63, 3.8) is 0 Å². The Kier molecular flexibility index (Phi) is 6.29. The van der Waals surface area contributed by atoms with Gasteiger partial charge in [-0.3, -0.25) is 9.69 Å². The molecule has 1 aromatic carbocycles. The Bertz CT molecular complexity index is 740. The van der Waals surface area contributed by atoms with Gasteiger partial charge in [0.05, 0.1) is 25.3 Å². The fourth-order valence-corrected chi connectivity index (χ4v) is 3.56. The highest BCUT2D eigenvalue weighted by atomic mass is 16.5. The van der Waals surface area contributed by atoms with E-state index >= 15 is 0 Å². The van der Waals surface area contributed by atoms with Gasteiger partial charge in [0, 0.05) is 19.2 Å². The van der Waals surface area contributed by atoms with Crippen molar-refractivity contribution in [1.29, 1.82) is 0 Å². The molecule has 0 saturated carbocycles. The molecular formula is C21H29N3O3. The van der Waals surface area contributed by atoms with Gasteiger partial charge in [0.2, 0.25) is 0 Å². The normalized spacial score (nSPS) is 16.7. The Morgan fingerprint density at radius 2 is 1.96 bits per heavy atom. The van der Waals surface area contributed by atoms with Gasteiger partial charge in [0.25, 0.3) is 5.91 Å². The van der Waals surface area contributed by atoms with Crippen LogP contribution in [0.4, 0.5) is 0 Å². The molecule has 2 heterocycles. The molecule has 0 unspecified atom stereocenters. The molecule has 6 nitrogen and oxygen atoms in total. The zero-order valence-electron chi connectivity index (χ0n) is 16.5. The van der Waals surface area contributed by atoms with Crippen LogP contribution < -0.4 is 0 Å². The SMILES string of the molecule is CCC1(CC)CN(C(=O)c2cc(CN(C)Cc3ccccc3)on2)CCO1. The van der Waals surface area contributed by atoms with E-state index in [0.29, 0.717) is 37.7 Å². The van der Waals surface area contributed by atoms with Crippen LogP contribution in [-0.2, 0) is 17.8 Å². The van der Waals surface area contributed by atoms with Gasteiger partial charge in [-0.05, 0) is 25.5 Å². The molecule has 1 saturated heterocycles. The summed E-state index contributed by atoms with van der Waals surface area (Å²) in [7, 11) is 2.02. The smallest absolute Gasteiger partial charge is 0.276 e. The van der Waals surface area contributed by atoms with Crippen molar-refractivity contribution >= 4 is 5.91 Å². The molecular weight excluding hydrogens is 342 g/mol. The van der Waals surface area contributed by atoms with Crippen LogP contribution in [0.1, 0.15) is 48.5 Å². The van der Waals surface area contributed by atoms with E-state index in [4.69, 9.17) is 9.26 Å². The number of amides is 1. The van der Waals surface area contributed by atoms with Gasteiger partial charge in [-0.15, -0.1) is 0 Å². The third kappa shape index (κ3) is 4.76. The highest BCUT2D eigenvalue weighted by Gasteiger charge is 2.36. The van der Waals surface area contributed by atoms with E-state index in [1.54, 1.807) is 6.07 Å². The van der Waals surface area contributed by atoms with Gasteiger partial charge in [-0.1, -0.05) is 49.3 Å². The molecule has 0 aliphatic carbocycles. The number of hydrogen-bond acceptors (Lipinski definition) is 5. The highest BCUT2D eigenvalue weighted by molar-refractivity contribution is 5.92. The number of aromatic nitrogens is 1. The van der Waals surface area contributed by atoms with E-state index in [1.165, 1.54) is 5.56 Å². The highest BCUT2D eigenvalue weighted by Crippen LogP contribution is 2.26. The first-order valence-corrected chi connectivity index (χ1v) is 9.66. The summed E-state index contributed by atoms with van der Waals surface area (Å²) < 4.78 is 11.4. The lowest BCUT2D eigenvalue weighted by atomic mass is 9.95. The molecule has 1 aliphatic rings. The molecule has 27 heavy (non-hydrogen) atoms. The molecule has 1 amide bonds. The van der Waals surface area contributed by atoms with Gasteiger partial charge in [-0.2, -0.15) is 0 Å². The Hall–Kier alpha value is -2.18. The molecule has 3 rings (SSSR count). The van der Waals surface area contributed by atoms with Gasteiger partial charge < -0.3 is 14.2 Å². The lowest BCUT2D eigenvalue weighted by Gasteiger charge is -2.41.